The summed E-state index contributed by atoms with van der Waals surface area (Å²) in [4.78, 5) is 2.29. The second-order valence-corrected chi connectivity index (χ2v) is 8.29. The molecular weight excluding hydrogens is 410 g/mol. The van der Waals surface area contributed by atoms with E-state index in [0.29, 0.717) is 0 Å². The minimum absolute atomic E-state index is 0.473. The molecule has 1 unspecified atom stereocenters. The lowest BCUT2D eigenvalue weighted by molar-refractivity contribution is -0.0564. The molecule has 166 valence electrons. The Morgan fingerprint density at radius 3 is 2.45 bits per heavy atom. The Morgan fingerprint density at radius 1 is 0.970 bits per heavy atom. The molecule has 5 heteroatoms. The molecule has 0 radical (unpaired) electrons. The minimum atomic E-state index is -0.473. The molecule has 0 N–H and O–H groups in total. The Morgan fingerprint density at radius 2 is 1.76 bits per heavy atom. The molecule has 1 aliphatic heterocycles. The number of methoxy groups -OCH3 is 1. The van der Waals surface area contributed by atoms with E-state index in [-0.39, 0.29) is 0 Å². The van der Waals surface area contributed by atoms with Crippen molar-refractivity contribution < 1.29 is 9.47 Å². The highest BCUT2D eigenvalue weighted by Crippen LogP contribution is 2.40. The Labute approximate surface area is 194 Å². The van der Waals surface area contributed by atoms with Crippen molar-refractivity contribution in [2.24, 2.45) is 7.05 Å². The molecule has 0 amide bonds. The fourth-order valence-electron chi connectivity index (χ4n) is 4.32. The standard InChI is InChI=1S/C28H27N3O2/c1-20-27-24(10-7-11-26(27)33-28(32-3)23-8-5-4-6-9-23)19-31(20)17-21-12-14-22(15-13-21)25-16-29-30(2)18-25/h4-16,18,28H,1,17,19H2,2-3H3. The number of ether oxygens (including phenoxy) is 2. The van der Waals surface area contributed by atoms with Crippen LogP contribution in [0.15, 0.2) is 91.8 Å². The van der Waals surface area contributed by atoms with Crippen molar-refractivity contribution in [3.8, 4) is 16.9 Å². The highest BCUT2D eigenvalue weighted by molar-refractivity contribution is 5.74. The van der Waals surface area contributed by atoms with Crippen molar-refractivity contribution in [3.05, 3.63) is 114 Å². The number of fused-ring (bicyclic) bond motifs is 1. The lowest BCUT2D eigenvalue weighted by Gasteiger charge is -2.22. The number of benzene rings is 3. The zero-order valence-corrected chi connectivity index (χ0v) is 18.9. The smallest absolute Gasteiger partial charge is 0.226 e. The second kappa shape index (κ2) is 8.96. The van der Waals surface area contributed by atoms with Crippen LogP contribution in [0.25, 0.3) is 16.8 Å². The summed E-state index contributed by atoms with van der Waals surface area (Å²) < 4.78 is 13.8. The normalized spacial score (nSPS) is 13.8. The van der Waals surface area contributed by atoms with E-state index in [1.807, 2.05) is 66.6 Å². The molecule has 0 spiro atoms. The van der Waals surface area contributed by atoms with Gasteiger partial charge in [-0.05, 0) is 22.8 Å². The Bertz CT molecular complexity index is 1260. The minimum Gasteiger partial charge on any atom is -0.460 e. The van der Waals surface area contributed by atoms with Gasteiger partial charge in [0.15, 0.2) is 0 Å². The van der Waals surface area contributed by atoms with Crippen LogP contribution in [0.1, 0.15) is 28.5 Å². The summed E-state index contributed by atoms with van der Waals surface area (Å²) >= 11 is 0. The van der Waals surface area contributed by atoms with Crippen molar-refractivity contribution in [2.75, 3.05) is 7.11 Å². The van der Waals surface area contributed by atoms with Gasteiger partial charge in [-0.1, -0.05) is 73.3 Å². The van der Waals surface area contributed by atoms with Gasteiger partial charge >= 0.3 is 0 Å². The van der Waals surface area contributed by atoms with E-state index in [1.54, 1.807) is 7.11 Å². The quantitative estimate of drug-likeness (QED) is 0.343. The van der Waals surface area contributed by atoms with Crippen LogP contribution >= 0.6 is 0 Å². The average Bonchev–Trinajstić information content (AvgIpc) is 3.42. The Hall–Kier alpha value is -3.83. The fraction of sp³-hybridized carbons (Fsp3) is 0.179. The van der Waals surface area contributed by atoms with Crippen molar-refractivity contribution in [1.82, 2.24) is 14.7 Å². The van der Waals surface area contributed by atoms with Gasteiger partial charge in [-0.15, -0.1) is 0 Å². The first-order chi connectivity index (χ1) is 16.1. The lowest BCUT2D eigenvalue weighted by Crippen LogP contribution is -2.14. The van der Waals surface area contributed by atoms with E-state index in [2.05, 4.69) is 46.9 Å². The molecule has 0 aliphatic carbocycles. The Kier molecular flexibility index (Phi) is 5.71. The van der Waals surface area contributed by atoms with Crippen molar-refractivity contribution in [2.45, 2.75) is 19.4 Å². The number of aryl methyl sites for hydroxylation is 1. The highest BCUT2D eigenvalue weighted by Gasteiger charge is 2.27. The molecule has 5 rings (SSSR count). The summed E-state index contributed by atoms with van der Waals surface area (Å²) in [5, 5.41) is 4.26. The second-order valence-electron chi connectivity index (χ2n) is 8.29. The first-order valence-corrected chi connectivity index (χ1v) is 11.0. The maximum atomic E-state index is 6.31. The molecule has 1 atom stereocenters. The lowest BCUT2D eigenvalue weighted by atomic mass is 10.1. The zero-order chi connectivity index (χ0) is 22.8. The van der Waals surface area contributed by atoms with Crippen LogP contribution in [0, 0.1) is 0 Å². The average molecular weight is 438 g/mol. The molecule has 1 aromatic heterocycles. The highest BCUT2D eigenvalue weighted by atomic mass is 16.7. The summed E-state index contributed by atoms with van der Waals surface area (Å²) in [7, 11) is 3.60. The van der Waals surface area contributed by atoms with Gasteiger partial charge in [0.2, 0.25) is 6.29 Å². The van der Waals surface area contributed by atoms with Crippen LogP contribution in [0.5, 0.6) is 5.75 Å². The molecule has 3 aromatic carbocycles. The topological polar surface area (TPSA) is 39.5 Å². The number of nitrogens with zero attached hydrogens (tertiary/aromatic N) is 3. The van der Waals surface area contributed by atoms with E-state index in [4.69, 9.17) is 9.47 Å². The van der Waals surface area contributed by atoms with E-state index >= 15 is 0 Å². The van der Waals surface area contributed by atoms with Gasteiger partial charge in [0.25, 0.3) is 0 Å². The van der Waals surface area contributed by atoms with Crippen LogP contribution < -0.4 is 4.74 Å². The van der Waals surface area contributed by atoms with Crippen LogP contribution in [0.3, 0.4) is 0 Å². The maximum Gasteiger partial charge on any atom is 0.226 e. The van der Waals surface area contributed by atoms with Gasteiger partial charge in [-0.2, -0.15) is 5.10 Å². The molecule has 4 aromatic rings. The number of hydrogen-bond acceptors (Lipinski definition) is 4. The zero-order valence-electron chi connectivity index (χ0n) is 18.9. The number of hydrogen-bond donors (Lipinski definition) is 0. The third-order valence-corrected chi connectivity index (χ3v) is 6.03. The number of rotatable bonds is 7. The first-order valence-electron chi connectivity index (χ1n) is 11.0. The van der Waals surface area contributed by atoms with E-state index in [9.17, 15) is 0 Å². The predicted octanol–water partition coefficient (Wildman–Crippen LogP) is 5.80. The molecule has 2 heterocycles. The first kappa shape index (κ1) is 21.0. The molecule has 1 aliphatic rings. The van der Waals surface area contributed by atoms with Crippen LogP contribution in [-0.2, 0) is 24.9 Å². The van der Waals surface area contributed by atoms with Crippen molar-refractivity contribution in [1.29, 1.82) is 0 Å². The van der Waals surface area contributed by atoms with Crippen molar-refractivity contribution in [3.63, 3.8) is 0 Å². The largest absolute Gasteiger partial charge is 0.460 e. The van der Waals surface area contributed by atoms with Gasteiger partial charge < -0.3 is 14.4 Å². The van der Waals surface area contributed by atoms with Crippen LogP contribution in [0.2, 0.25) is 0 Å². The molecular formula is C28H27N3O2. The monoisotopic (exact) mass is 437 g/mol. The van der Waals surface area contributed by atoms with Gasteiger partial charge in [0.1, 0.15) is 5.75 Å². The van der Waals surface area contributed by atoms with Gasteiger partial charge in [0, 0.05) is 55.8 Å². The van der Waals surface area contributed by atoms with Crippen LogP contribution in [-0.4, -0.2) is 21.8 Å². The van der Waals surface area contributed by atoms with Crippen molar-refractivity contribution >= 4 is 5.70 Å². The SMILES string of the molecule is C=C1c2c(cccc2OC(OC)c2ccccc2)CN1Cc1ccc(-c2cnn(C)c2)cc1. The van der Waals surface area contributed by atoms with Crippen LogP contribution in [0.4, 0.5) is 0 Å². The molecule has 33 heavy (non-hydrogen) atoms. The third-order valence-electron chi connectivity index (χ3n) is 6.03. The molecule has 5 nitrogen and oxygen atoms in total. The number of aromatic nitrogens is 2. The fourth-order valence-corrected chi connectivity index (χ4v) is 4.32. The predicted molar refractivity (Wildman–Crippen MR) is 130 cm³/mol. The molecule has 0 saturated carbocycles. The summed E-state index contributed by atoms with van der Waals surface area (Å²) in [6.07, 6.45) is 3.44. The molecule has 0 saturated heterocycles. The summed E-state index contributed by atoms with van der Waals surface area (Å²) in [6.45, 7) is 5.99. The van der Waals surface area contributed by atoms with E-state index in [0.717, 1.165) is 46.8 Å². The van der Waals surface area contributed by atoms with Gasteiger partial charge in [0.05, 0.1) is 6.20 Å². The van der Waals surface area contributed by atoms with Gasteiger partial charge in [-0.3, -0.25) is 4.68 Å². The van der Waals surface area contributed by atoms with E-state index in [1.165, 1.54) is 11.1 Å². The summed E-state index contributed by atoms with van der Waals surface area (Å²) in [6, 6.07) is 24.8. The van der Waals surface area contributed by atoms with E-state index < -0.39 is 6.29 Å². The third kappa shape index (κ3) is 4.28. The Balaban J connectivity index is 1.33. The maximum absolute atomic E-state index is 6.31. The summed E-state index contributed by atoms with van der Waals surface area (Å²) in [5.74, 6) is 0.794. The molecule has 0 bridgehead atoms. The van der Waals surface area contributed by atoms with Gasteiger partial charge in [-0.25, -0.2) is 0 Å². The summed E-state index contributed by atoms with van der Waals surface area (Å²) in [5.41, 5.74) is 7.74. The molecule has 0 fully saturated rings.